The largest absolute Gasteiger partial charge is 0.493 e. The summed E-state index contributed by atoms with van der Waals surface area (Å²) < 4.78 is 35.0. The number of hydrogen-bond acceptors (Lipinski definition) is 6. The normalized spacial score (nSPS) is 19.0. The third kappa shape index (κ3) is 6.25. The van der Waals surface area contributed by atoms with Gasteiger partial charge in [-0.25, -0.2) is 8.42 Å². The average Bonchev–Trinajstić information content (AvgIpc) is 3.07. The second-order valence-electron chi connectivity index (χ2n) is 7.34. The van der Waals surface area contributed by atoms with Crippen molar-refractivity contribution in [3.8, 4) is 11.5 Å². The third-order valence-corrected chi connectivity index (χ3v) is 7.40. The van der Waals surface area contributed by atoms with E-state index in [1.165, 1.54) is 0 Å². The SMILES string of the molecule is COc1ccccc1OCC(O)CN(Cc1ccc(Cl)cc1Cl)C1CCS(=O)(=O)C1. The number of aliphatic hydroxyl groups excluding tert-OH is 1. The molecule has 1 aliphatic rings. The number of para-hydroxylation sites is 2. The van der Waals surface area contributed by atoms with Crippen molar-refractivity contribution in [2.45, 2.75) is 25.1 Å². The van der Waals surface area contributed by atoms with Gasteiger partial charge in [-0.05, 0) is 36.2 Å². The summed E-state index contributed by atoms with van der Waals surface area (Å²) in [7, 11) is -1.52. The van der Waals surface area contributed by atoms with E-state index in [0.717, 1.165) is 5.56 Å². The van der Waals surface area contributed by atoms with Crippen LogP contribution in [0.2, 0.25) is 10.0 Å². The number of halogens is 2. The number of rotatable bonds is 9. The van der Waals surface area contributed by atoms with Gasteiger partial charge in [0.15, 0.2) is 21.3 Å². The molecule has 1 saturated heterocycles. The molecular weight excluding hydrogens is 449 g/mol. The minimum absolute atomic E-state index is 0.0463. The Balaban J connectivity index is 1.69. The van der Waals surface area contributed by atoms with Gasteiger partial charge in [-0.1, -0.05) is 41.4 Å². The molecule has 2 aromatic rings. The van der Waals surface area contributed by atoms with Crippen molar-refractivity contribution in [2.75, 3.05) is 31.8 Å². The molecule has 6 nitrogen and oxygen atoms in total. The molecule has 9 heteroatoms. The van der Waals surface area contributed by atoms with Crippen LogP contribution in [0.3, 0.4) is 0 Å². The van der Waals surface area contributed by atoms with Crippen LogP contribution in [-0.4, -0.2) is 62.3 Å². The van der Waals surface area contributed by atoms with Crippen LogP contribution in [0.4, 0.5) is 0 Å². The average molecular weight is 474 g/mol. The standard InChI is InChI=1S/C21H25Cl2NO5S/c1-28-20-4-2-3-5-21(20)29-13-18(25)12-24(17-8-9-30(26,27)14-17)11-15-6-7-16(22)10-19(15)23/h2-7,10,17-18,25H,8-9,11-14H2,1H3. The fraction of sp³-hybridized carbons (Fsp3) is 0.429. The topological polar surface area (TPSA) is 76.1 Å². The summed E-state index contributed by atoms with van der Waals surface area (Å²) >= 11 is 12.3. The Kier molecular flexibility index (Phi) is 7.87. The van der Waals surface area contributed by atoms with E-state index in [1.807, 2.05) is 23.1 Å². The number of sulfone groups is 1. The third-order valence-electron chi connectivity index (χ3n) is 5.06. The molecule has 2 unspecified atom stereocenters. The first-order valence-corrected chi connectivity index (χ1v) is 12.2. The fourth-order valence-electron chi connectivity index (χ4n) is 3.52. The number of aliphatic hydroxyl groups is 1. The molecule has 2 aromatic carbocycles. The lowest BCUT2D eigenvalue weighted by molar-refractivity contribution is 0.0517. The summed E-state index contributed by atoms with van der Waals surface area (Å²) in [4.78, 5) is 1.95. The molecule has 1 aliphatic heterocycles. The van der Waals surface area contributed by atoms with Crippen molar-refractivity contribution in [1.29, 1.82) is 0 Å². The Labute approximate surface area is 187 Å². The second-order valence-corrected chi connectivity index (χ2v) is 10.4. The zero-order valence-electron chi connectivity index (χ0n) is 16.6. The Hall–Kier alpha value is -1.51. The highest BCUT2D eigenvalue weighted by Crippen LogP contribution is 2.27. The van der Waals surface area contributed by atoms with Gasteiger partial charge in [0.05, 0.1) is 18.6 Å². The quantitative estimate of drug-likeness (QED) is 0.600. The van der Waals surface area contributed by atoms with Gasteiger partial charge < -0.3 is 14.6 Å². The molecule has 0 radical (unpaired) electrons. The molecule has 0 aromatic heterocycles. The van der Waals surface area contributed by atoms with E-state index in [9.17, 15) is 13.5 Å². The van der Waals surface area contributed by atoms with E-state index in [4.69, 9.17) is 32.7 Å². The molecule has 30 heavy (non-hydrogen) atoms. The Bertz CT molecular complexity index is 970. The minimum Gasteiger partial charge on any atom is -0.493 e. The predicted octanol–water partition coefficient (Wildman–Crippen LogP) is 3.43. The Morgan fingerprint density at radius 3 is 2.57 bits per heavy atom. The molecule has 1 fully saturated rings. The van der Waals surface area contributed by atoms with Gasteiger partial charge in [-0.3, -0.25) is 4.90 Å². The van der Waals surface area contributed by atoms with E-state index in [-0.39, 0.29) is 30.7 Å². The minimum atomic E-state index is -3.07. The molecular formula is C21H25Cl2NO5S. The number of ether oxygens (including phenoxy) is 2. The van der Waals surface area contributed by atoms with Gasteiger partial charge in [0.1, 0.15) is 12.7 Å². The highest BCUT2D eigenvalue weighted by atomic mass is 35.5. The van der Waals surface area contributed by atoms with Gasteiger partial charge >= 0.3 is 0 Å². The monoisotopic (exact) mass is 473 g/mol. The van der Waals surface area contributed by atoms with Crippen molar-refractivity contribution in [3.05, 3.63) is 58.1 Å². The summed E-state index contributed by atoms with van der Waals surface area (Å²) in [6, 6.07) is 12.2. The van der Waals surface area contributed by atoms with Crippen molar-refractivity contribution in [2.24, 2.45) is 0 Å². The van der Waals surface area contributed by atoms with Crippen LogP contribution in [0, 0.1) is 0 Å². The Morgan fingerprint density at radius 2 is 1.93 bits per heavy atom. The van der Waals surface area contributed by atoms with Crippen LogP contribution < -0.4 is 9.47 Å². The smallest absolute Gasteiger partial charge is 0.161 e. The molecule has 0 spiro atoms. The molecule has 3 rings (SSSR count). The molecule has 164 valence electrons. The van der Waals surface area contributed by atoms with Gasteiger partial charge in [0, 0.05) is 29.2 Å². The van der Waals surface area contributed by atoms with Crippen LogP contribution in [0.1, 0.15) is 12.0 Å². The lowest BCUT2D eigenvalue weighted by atomic mass is 10.1. The maximum atomic E-state index is 12.0. The summed E-state index contributed by atoms with van der Waals surface area (Å²) in [5.41, 5.74) is 0.822. The first-order valence-electron chi connectivity index (χ1n) is 9.59. The maximum Gasteiger partial charge on any atom is 0.161 e. The lowest BCUT2D eigenvalue weighted by Crippen LogP contribution is -2.42. The maximum absolute atomic E-state index is 12.0. The van der Waals surface area contributed by atoms with Crippen molar-refractivity contribution < 1.29 is 23.0 Å². The summed E-state index contributed by atoms with van der Waals surface area (Å²) in [6.45, 7) is 0.695. The van der Waals surface area contributed by atoms with E-state index in [0.29, 0.717) is 34.5 Å². The highest BCUT2D eigenvalue weighted by molar-refractivity contribution is 7.91. The van der Waals surface area contributed by atoms with Crippen LogP contribution in [0.25, 0.3) is 0 Å². The van der Waals surface area contributed by atoms with Crippen LogP contribution in [0.5, 0.6) is 11.5 Å². The van der Waals surface area contributed by atoms with E-state index in [1.54, 1.807) is 31.4 Å². The Morgan fingerprint density at radius 1 is 1.20 bits per heavy atom. The molecule has 0 bridgehead atoms. The van der Waals surface area contributed by atoms with Crippen molar-refractivity contribution in [3.63, 3.8) is 0 Å². The van der Waals surface area contributed by atoms with E-state index >= 15 is 0 Å². The molecule has 0 amide bonds. The van der Waals surface area contributed by atoms with Gasteiger partial charge in [0.25, 0.3) is 0 Å². The van der Waals surface area contributed by atoms with Crippen molar-refractivity contribution >= 4 is 33.0 Å². The predicted molar refractivity (Wildman–Crippen MR) is 118 cm³/mol. The molecule has 2 atom stereocenters. The summed E-state index contributed by atoms with van der Waals surface area (Å²) in [5, 5.41) is 11.7. The number of benzene rings is 2. The lowest BCUT2D eigenvalue weighted by Gasteiger charge is -2.30. The first kappa shape index (κ1) is 23.2. The second kappa shape index (κ2) is 10.2. The van der Waals surface area contributed by atoms with Gasteiger partial charge in [-0.15, -0.1) is 0 Å². The zero-order chi connectivity index (χ0) is 21.7. The zero-order valence-corrected chi connectivity index (χ0v) is 19.0. The molecule has 1 heterocycles. The van der Waals surface area contributed by atoms with Crippen LogP contribution >= 0.6 is 23.2 Å². The van der Waals surface area contributed by atoms with Gasteiger partial charge in [-0.2, -0.15) is 0 Å². The molecule has 1 N–H and O–H groups in total. The molecule has 0 saturated carbocycles. The van der Waals surface area contributed by atoms with E-state index < -0.39 is 15.9 Å². The number of nitrogens with zero attached hydrogens (tertiary/aromatic N) is 1. The number of methoxy groups -OCH3 is 1. The van der Waals surface area contributed by atoms with Crippen LogP contribution in [-0.2, 0) is 16.4 Å². The van der Waals surface area contributed by atoms with Crippen LogP contribution in [0.15, 0.2) is 42.5 Å². The number of hydrogen-bond donors (Lipinski definition) is 1. The molecule has 0 aliphatic carbocycles. The first-order chi connectivity index (χ1) is 14.3. The van der Waals surface area contributed by atoms with E-state index in [2.05, 4.69) is 0 Å². The van der Waals surface area contributed by atoms with Gasteiger partial charge in [0.2, 0.25) is 0 Å². The highest BCUT2D eigenvalue weighted by Gasteiger charge is 2.33. The summed E-state index contributed by atoms with van der Waals surface area (Å²) in [6.07, 6.45) is -0.308. The van der Waals surface area contributed by atoms with Crippen molar-refractivity contribution in [1.82, 2.24) is 4.90 Å². The fourth-order valence-corrected chi connectivity index (χ4v) is 5.75. The summed E-state index contributed by atoms with van der Waals surface area (Å²) in [5.74, 6) is 1.33.